The van der Waals surface area contributed by atoms with E-state index in [1.807, 2.05) is 26.0 Å². The van der Waals surface area contributed by atoms with E-state index in [4.69, 9.17) is 4.74 Å². The van der Waals surface area contributed by atoms with Gasteiger partial charge in [0.2, 0.25) is 0 Å². The zero-order chi connectivity index (χ0) is 26.3. The molecule has 0 amide bonds. The summed E-state index contributed by atoms with van der Waals surface area (Å²) < 4.78 is 5.65. The molecule has 36 heavy (non-hydrogen) atoms. The minimum atomic E-state index is -0.565. The van der Waals surface area contributed by atoms with Gasteiger partial charge in [-0.3, -0.25) is 14.4 Å². The molecule has 0 N–H and O–H groups in total. The van der Waals surface area contributed by atoms with Gasteiger partial charge in [0.25, 0.3) is 0 Å². The minimum absolute atomic E-state index is 0.0104. The number of ether oxygens (including phenoxy) is 1. The van der Waals surface area contributed by atoms with Crippen LogP contribution in [0.2, 0.25) is 0 Å². The highest BCUT2D eigenvalue weighted by molar-refractivity contribution is 6.02. The van der Waals surface area contributed by atoms with Crippen molar-refractivity contribution in [3.05, 3.63) is 23.3 Å². The van der Waals surface area contributed by atoms with Crippen LogP contribution in [-0.2, 0) is 19.1 Å². The number of rotatable bonds is 2. The molecule has 0 aromatic rings. The van der Waals surface area contributed by atoms with Gasteiger partial charge in [-0.25, -0.2) is 0 Å². The van der Waals surface area contributed by atoms with Crippen molar-refractivity contribution in [3.8, 4) is 6.07 Å². The lowest BCUT2D eigenvalue weighted by molar-refractivity contribution is -0.180. The molecule has 0 spiro atoms. The van der Waals surface area contributed by atoms with Gasteiger partial charge >= 0.3 is 5.97 Å². The maximum Gasteiger partial charge on any atom is 0.312 e. The van der Waals surface area contributed by atoms with Crippen LogP contribution in [0.4, 0.5) is 0 Å². The fourth-order valence-electron chi connectivity index (χ4n) is 9.52. The molecule has 5 aliphatic rings. The maximum atomic E-state index is 14.1. The summed E-state index contributed by atoms with van der Waals surface area (Å²) in [5.74, 6) is -0.184. The van der Waals surface area contributed by atoms with Crippen molar-refractivity contribution < 1.29 is 19.1 Å². The van der Waals surface area contributed by atoms with Crippen LogP contribution >= 0.6 is 0 Å². The standard InChI is InChI=1S/C31H41NO4/c1-7-36-27(35)31-11-9-21-25(22(31)16-28(3,4)12-13-31)23(33)14-24-29(21,5)10-8-20-18(2)26(34)19(17-32)15-30(20,24)6/h14-15,18,20-22,25H,7-13,16H2,1-6H3/t18-,20?,21?,22?,25?,29?,30?,31?/m1/s1. The Hall–Kier alpha value is -2.22. The number of fused-ring (bicyclic) bond motifs is 7. The van der Waals surface area contributed by atoms with Crippen LogP contribution in [0.5, 0.6) is 0 Å². The lowest BCUT2D eigenvalue weighted by Crippen LogP contribution is -2.61. The molecule has 0 bridgehead atoms. The summed E-state index contributed by atoms with van der Waals surface area (Å²) in [5.41, 5.74) is 0.200. The highest BCUT2D eigenvalue weighted by atomic mass is 16.5. The van der Waals surface area contributed by atoms with Gasteiger partial charge in [0, 0.05) is 17.3 Å². The lowest BCUT2D eigenvalue weighted by Gasteiger charge is -2.63. The zero-order valence-corrected chi connectivity index (χ0v) is 22.8. The summed E-state index contributed by atoms with van der Waals surface area (Å²) >= 11 is 0. The Morgan fingerprint density at radius 2 is 1.75 bits per heavy atom. The van der Waals surface area contributed by atoms with E-state index < -0.39 is 10.8 Å². The van der Waals surface area contributed by atoms with E-state index in [2.05, 4.69) is 33.8 Å². The second-order valence-corrected chi connectivity index (χ2v) is 13.7. The van der Waals surface area contributed by atoms with E-state index in [0.29, 0.717) is 6.61 Å². The number of esters is 1. The van der Waals surface area contributed by atoms with Crippen molar-refractivity contribution >= 4 is 17.5 Å². The first kappa shape index (κ1) is 25.4. The van der Waals surface area contributed by atoms with Crippen molar-refractivity contribution in [1.29, 1.82) is 5.26 Å². The van der Waals surface area contributed by atoms with Gasteiger partial charge in [0.05, 0.1) is 17.6 Å². The number of Topliss-reactive ketones (excluding diaryl/α,β-unsaturated/α-hetero) is 1. The molecule has 5 nitrogen and oxygen atoms in total. The van der Waals surface area contributed by atoms with E-state index in [0.717, 1.165) is 50.5 Å². The van der Waals surface area contributed by atoms with Crippen molar-refractivity contribution in [2.75, 3.05) is 6.61 Å². The highest BCUT2D eigenvalue weighted by Crippen LogP contribution is 2.69. The summed E-state index contributed by atoms with van der Waals surface area (Å²) in [6.45, 7) is 13.2. The Bertz CT molecular complexity index is 1120. The Balaban J connectivity index is 1.63. The molecule has 0 aromatic carbocycles. The van der Waals surface area contributed by atoms with Crippen molar-refractivity contribution in [2.45, 2.75) is 86.5 Å². The van der Waals surface area contributed by atoms with Crippen LogP contribution in [0.3, 0.4) is 0 Å². The Labute approximate surface area is 215 Å². The third-order valence-corrected chi connectivity index (χ3v) is 11.4. The molecule has 0 aliphatic heterocycles. The average molecular weight is 492 g/mol. The fourth-order valence-corrected chi connectivity index (χ4v) is 9.52. The van der Waals surface area contributed by atoms with Crippen LogP contribution in [0.25, 0.3) is 0 Å². The van der Waals surface area contributed by atoms with Gasteiger partial charge in [-0.2, -0.15) is 5.26 Å². The van der Waals surface area contributed by atoms with Gasteiger partial charge in [0.15, 0.2) is 11.6 Å². The number of nitrogens with zero attached hydrogens (tertiary/aromatic N) is 1. The smallest absolute Gasteiger partial charge is 0.312 e. The molecule has 3 fully saturated rings. The quantitative estimate of drug-likeness (QED) is 0.443. The molecule has 194 valence electrons. The van der Waals surface area contributed by atoms with Gasteiger partial charge in [0.1, 0.15) is 6.07 Å². The van der Waals surface area contributed by atoms with Crippen LogP contribution in [0, 0.1) is 62.6 Å². The molecule has 8 atom stereocenters. The normalized spacial score (nSPS) is 45.1. The van der Waals surface area contributed by atoms with Crippen molar-refractivity contribution in [3.63, 3.8) is 0 Å². The van der Waals surface area contributed by atoms with Crippen LogP contribution in [0.15, 0.2) is 23.3 Å². The third-order valence-electron chi connectivity index (χ3n) is 11.4. The van der Waals surface area contributed by atoms with Gasteiger partial charge in [-0.15, -0.1) is 0 Å². The number of allylic oxidation sites excluding steroid dienone is 4. The zero-order valence-electron chi connectivity index (χ0n) is 22.8. The van der Waals surface area contributed by atoms with E-state index in [1.165, 1.54) is 0 Å². The number of ketones is 2. The molecule has 0 aromatic heterocycles. The highest BCUT2D eigenvalue weighted by Gasteiger charge is 2.66. The SMILES string of the molecule is CCOC(=O)C12CCC3C(C(=O)C=C4C5(C)C=C(C#N)C(=O)[C@H](C)C5CCC43C)C1CC(C)(C)CC2. The van der Waals surface area contributed by atoms with Crippen molar-refractivity contribution in [1.82, 2.24) is 0 Å². The molecule has 0 saturated heterocycles. The van der Waals surface area contributed by atoms with Gasteiger partial charge in [-0.1, -0.05) is 46.3 Å². The van der Waals surface area contributed by atoms with Crippen molar-refractivity contribution in [2.24, 2.45) is 51.2 Å². The third kappa shape index (κ3) is 3.28. The summed E-state index contributed by atoms with van der Waals surface area (Å²) in [6.07, 6.45) is 9.85. The van der Waals surface area contributed by atoms with E-state index in [1.54, 1.807) is 0 Å². The summed E-state index contributed by atoms with van der Waals surface area (Å²) in [5, 5.41) is 9.72. The van der Waals surface area contributed by atoms with E-state index in [9.17, 15) is 19.6 Å². The minimum Gasteiger partial charge on any atom is -0.466 e. The molecule has 7 unspecified atom stereocenters. The average Bonchev–Trinajstić information content (AvgIpc) is 2.82. The van der Waals surface area contributed by atoms with Crippen LogP contribution in [0.1, 0.15) is 86.5 Å². The largest absolute Gasteiger partial charge is 0.466 e. The number of nitriles is 1. The first-order valence-corrected chi connectivity index (χ1v) is 14.0. The van der Waals surface area contributed by atoms with E-state index in [-0.39, 0.29) is 63.5 Å². The fraction of sp³-hybridized carbons (Fsp3) is 0.742. The number of hydrogen-bond donors (Lipinski definition) is 0. The molecular formula is C31H41NO4. The summed E-state index contributed by atoms with van der Waals surface area (Å²) in [6, 6.07) is 2.14. The first-order valence-electron chi connectivity index (χ1n) is 14.0. The lowest BCUT2D eigenvalue weighted by atomic mass is 9.39. The predicted molar refractivity (Wildman–Crippen MR) is 136 cm³/mol. The monoisotopic (exact) mass is 491 g/mol. The van der Waals surface area contributed by atoms with E-state index >= 15 is 0 Å². The topological polar surface area (TPSA) is 84.2 Å². The molecule has 5 rings (SSSR count). The Morgan fingerprint density at radius 1 is 1.06 bits per heavy atom. The number of carbonyl (C=O) groups excluding carboxylic acids is 3. The number of hydrogen-bond acceptors (Lipinski definition) is 5. The Kier molecular flexibility index (Phi) is 5.75. The molecule has 0 heterocycles. The summed E-state index contributed by atoms with van der Waals surface area (Å²) in [4.78, 5) is 40.4. The van der Waals surface area contributed by atoms with Crippen LogP contribution in [-0.4, -0.2) is 24.1 Å². The predicted octanol–water partition coefficient (Wildman–Crippen LogP) is 5.99. The Morgan fingerprint density at radius 3 is 2.42 bits per heavy atom. The molecule has 5 aliphatic carbocycles. The second kappa shape index (κ2) is 8.14. The molecular weight excluding hydrogens is 450 g/mol. The number of carbonyl (C=O) groups is 3. The summed E-state index contributed by atoms with van der Waals surface area (Å²) in [7, 11) is 0. The van der Waals surface area contributed by atoms with Crippen LogP contribution < -0.4 is 0 Å². The van der Waals surface area contributed by atoms with Gasteiger partial charge in [-0.05, 0) is 86.5 Å². The maximum absolute atomic E-state index is 14.1. The second-order valence-electron chi connectivity index (χ2n) is 13.7. The molecule has 5 heteroatoms. The van der Waals surface area contributed by atoms with Gasteiger partial charge < -0.3 is 4.74 Å². The first-order chi connectivity index (χ1) is 16.8. The molecule has 0 radical (unpaired) electrons. The molecule has 3 saturated carbocycles.